The summed E-state index contributed by atoms with van der Waals surface area (Å²) >= 11 is 0. The molecule has 0 amide bonds. The summed E-state index contributed by atoms with van der Waals surface area (Å²) in [5, 5.41) is 0. The van der Waals surface area contributed by atoms with Crippen molar-refractivity contribution in [1.29, 1.82) is 0 Å². The average molecular weight is 361 g/mol. The first-order valence-electron chi connectivity index (χ1n) is 9.70. The van der Waals surface area contributed by atoms with Gasteiger partial charge in [-0.2, -0.15) is 0 Å². The molecule has 0 aliphatic rings. The van der Waals surface area contributed by atoms with Gasteiger partial charge < -0.3 is 4.74 Å². The van der Waals surface area contributed by atoms with Gasteiger partial charge in [0.15, 0.2) is 0 Å². The fourth-order valence-corrected chi connectivity index (χ4v) is 3.47. The van der Waals surface area contributed by atoms with Crippen molar-refractivity contribution < 1.29 is 4.74 Å². The molecule has 0 aromatic heterocycles. The van der Waals surface area contributed by atoms with Gasteiger partial charge >= 0.3 is 0 Å². The normalized spacial score (nSPS) is 13.9. The van der Waals surface area contributed by atoms with E-state index in [1.807, 2.05) is 18.2 Å². The van der Waals surface area contributed by atoms with Crippen LogP contribution in [0.15, 0.2) is 79.4 Å². The van der Waals surface area contributed by atoms with E-state index in [-0.39, 0.29) is 17.9 Å². The van der Waals surface area contributed by atoms with E-state index in [2.05, 4.69) is 90.2 Å². The van der Waals surface area contributed by atoms with Crippen LogP contribution in [0, 0.1) is 6.92 Å². The van der Waals surface area contributed by atoms with Crippen molar-refractivity contribution in [3.8, 4) is 5.75 Å². The van der Waals surface area contributed by atoms with Crippen LogP contribution >= 0.6 is 0 Å². The van der Waals surface area contributed by atoms with Gasteiger partial charge in [0.1, 0.15) is 5.75 Å². The number of hydrogen-bond donors (Lipinski definition) is 0. The third-order valence-electron chi connectivity index (χ3n) is 4.92. The molecule has 0 fully saturated rings. The van der Waals surface area contributed by atoms with E-state index in [9.17, 15) is 0 Å². The Balaban J connectivity index is 2.66. The lowest BCUT2D eigenvalue weighted by atomic mass is 9.84. The lowest BCUT2D eigenvalue weighted by Crippen LogP contribution is -2.13. The highest BCUT2D eigenvalue weighted by Crippen LogP contribution is 2.41. The highest BCUT2D eigenvalue weighted by Gasteiger charge is 2.22. The standard InChI is InChI=1S/C26H32O/c1-8-13-22(9-2)20(6)24-16-19(5)17-25(26(24)27-18(3)4)21(7)23-14-11-10-12-15-23/h8-18,20-21H,1-2H2,3-7H3/b22-13+. The second kappa shape index (κ2) is 9.41. The Hall–Kier alpha value is -2.54. The molecule has 142 valence electrons. The van der Waals surface area contributed by atoms with E-state index >= 15 is 0 Å². The summed E-state index contributed by atoms with van der Waals surface area (Å²) in [7, 11) is 0. The van der Waals surface area contributed by atoms with Gasteiger partial charge in [0, 0.05) is 23.0 Å². The Kier molecular flexibility index (Phi) is 7.24. The number of ether oxygens (including phenoxy) is 1. The largest absolute Gasteiger partial charge is 0.490 e. The maximum absolute atomic E-state index is 6.38. The van der Waals surface area contributed by atoms with Crippen LogP contribution in [0.25, 0.3) is 0 Å². The number of hydrogen-bond acceptors (Lipinski definition) is 1. The van der Waals surface area contributed by atoms with Crippen LogP contribution < -0.4 is 4.74 Å². The fraction of sp³-hybridized carbons (Fsp3) is 0.308. The smallest absolute Gasteiger partial charge is 0.127 e. The predicted molar refractivity (Wildman–Crippen MR) is 118 cm³/mol. The van der Waals surface area contributed by atoms with E-state index in [0.29, 0.717) is 0 Å². The van der Waals surface area contributed by atoms with E-state index in [0.717, 1.165) is 11.3 Å². The number of allylic oxidation sites excluding steroid dienone is 4. The molecule has 0 aliphatic heterocycles. The zero-order chi connectivity index (χ0) is 20.0. The maximum atomic E-state index is 6.38. The Morgan fingerprint density at radius 2 is 1.59 bits per heavy atom. The molecule has 1 heteroatoms. The first kappa shape index (κ1) is 20.8. The predicted octanol–water partition coefficient (Wildman–Crippen LogP) is 7.34. The molecule has 0 N–H and O–H groups in total. The van der Waals surface area contributed by atoms with Crippen LogP contribution in [0.2, 0.25) is 0 Å². The molecular weight excluding hydrogens is 328 g/mol. The summed E-state index contributed by atoms with van der Waals surface area (Å²) in [4.78, 5) is 0. The van der Waals surface area contributed by atoms with Gasteiger partial charge in [-0.3, -0.25) is 0 Å². The minimum atomic E-state index is 0.107. The molecule has 2 unspecified atom stereocenters. The lowest BCUT2D eigenvalue weighted by molar-refractivity contribution is 0.236. The maximum Gasteiger partial charge on any atom is 0.127 e. The number of aryl methyl sites for hydroxylation is 1. The van der Waals surface area contributed by atoms with Crippen molar-refractivity contribution >= 4 is 0 Å². The van der Waals surface area contributed by atoms with Crippen LogP contribution in [0.4, 0.5) is 0 Å². The average Bonchev–Trinajstić information content (AvgIpc) is 2.66. The van der Waals surface area contributed by atoms with Gasteiger partial charge in [0.25, 0.3) is 0 Å². The first-order chi connectivity index (χ1) is 12.9. The van der Waals surface area contributed by atoms with Gasteiger partial charge in [0.2, 0.25) is 0 Å². The van der Waals surface area contributed by atoms with Crippen molar-refractivity contribution in [2.24, 2.45) is 0 Å². The Morgan fingerprint density at radius 1 is 0.963 bits per heavy atom. The quantitative estimate of drug-likeness (QED) is 0.448. The van der Waals surface area contributed by atoms with Crippen molar-refractivity contribution in [3.05, 3.63) is 102 Å². The molecule has 0 saturated heterocycles. The van der Waals surface area contributed by atoms with Gasteiger partial charge in [-0.1, -0.05) is 93.3 Å². The molecule has 2 aromatic rings. The molecule has 0 aliphatic carbocycles. The van der Waals surface area contributed by atoms with Crippen molar-refractivity contribution in [2.45, 2.75) is 52.6 Å². The Labute approximate surface area is 165 Å². The van der Waals surface area contributed by atoms with Gasteiger partial charge in [-0.05, 0) is 31.9 Å². The molecule has 0 saturated carbocycles. The van der Waals surface area contributed by atoms with E-state index in [4.69, 9.17) is 4.74 Å². The molecule has 0 bridgehead atoms. The molecule has 0 spiro atoms. The zero-order valence-corrected chi connectivity index (χ0v) is 17.3. The second-order valence-corrected chi connectivity index (χ2v) is 7.40. The minimum absolute atomic E-state index is 0.107. The minimum Gasteiger partial charge on any atom is -0.490 e. The van der Waals surface area contributed by atoms with Crippen LogP contribution in [-0.2, 0) is 0 Å². The summed E-state index contributed by atoms with van der Waals surface area (Å²) < 4.78 is 6.38. The number of rotatable bonds is 8. The van der Waals surface area contributed by atoms with Crippen LogP contribution in [-0.4, -0.2) is 6.10 Å². The molecule has 2 atom stereocenters. The van der Waals surface area contributed by atoms with Crippen LogP contribution in [0.1, 0.15) is 61.8 Å². The molecule has 27 heavy (non-hydrogen) atoms. The lowest BCUT2D eigenvalue weighted by Gasteiger charge is -2.26. The Bertz CT molecular complexity index is 812. The summed E-state index contributed by atoms with van der Waals surface area (Å²) in [6.07, 6.45) is 5.86. The van der Waals surface area contributed by atoms with Crippen LogP contribution in [0.5, 0.6) is 5.75 Å². The SMILES string of the molecule is C=C/C=C(\C=C)C(C)c1cc(C)cc(C(C)c2ccccc2)c1OC(C)C. The van der Waals surface area contributed by atoms with E-state index in [1.54, 1.807) is 0 Å². The molecule has 1 nitrogen and oxygen atoms in total. The van der Waals surface area contributed by atoms with Gasteiger partial charge in [-0.15, -0.1) is 0 Å². The monoisotopic (exact) mass is 360 g/mol. The molecule has 0 radical (unpaired) electrons. The topological polar surface area (TPSA) is 9.23 Å². The highest BCUT2D eigenvalue weighted by molar-refractivity contribution is 5.53. The van der Waals surface area contributed by atoms with Crippen molar-refractivity contribution in [3.63, 3.8) is 0 Å². The second-order valence-electron chi connectivity index (χ2n) is 7.40. The third-order valence-corrected chi connectivity index (χ3v) is 4.92. The first-order valence-corrected chi connectivity index (χ1v) is 9.70. The molecule has 2 rings (SSSR count). The fourth-order valence-electron chi connectivity index (χ4n) is 3.47. The summed E-state index contributed by atoms with van der Waals surface area (Å²) in [5.41, 5.74) is 6.12. The number of benzene rings is 2. The van der Waals surface area contributed by atoms with Crippen molar-refractivity contribution in [2.75, 3.05) is 0 Å². The molecule has 2 aromatic carbocycles. The van der Waals surface area contributed by atoms with Gasteiger partial charge in [0.05, 0.1) is 6.10 Å². The Morgan fingerprint density at radius 3 is 2.15 bits per heavy atom. The molecule has 0 heterocycles. The summed E-state index contributed by atoms with van der Waals surface area (Å²) in [6, 6.07) is 15.1. The van der Waals surface area contributed by atoms with Crippen LogP contribution in [0.3, 0.4) is 0 Å². The van der Waals surface area contributed by atoms with E-state index in [1.165, 1.54) is 22.3 Å². The molecular formula is C26H32O. The van der Waals surface area contributed by atoms with Gasteiger partial charge in [-0.25, -0.2) is 0 Å². The van der Waals surface area contributed by atoms with Crippen molar-refractivity contribution in [1.82, 2.24) is 0 Å². The highest BCUT2D eigenvalue weighted by atomic mass is 16.5. The summed E-state index contributed by atoms with van der Waals surface area (Å²) in [6.45, 7) is 18.6. The zero-order valence-electron chi connectivity index (χ0n) is 17.3. The third kappa shape index (κ3) is 5.01. The van der Waals surface area contributed by atoms with E-state index < -0.39 is 0 Å². The summed E-state index contributed by atoms with van der Waals surface area (Å²) in [5.74, 6) is 1.42.